The highest BCUT2D eigenvalue weighted by molar-refractivity contribution is 8.22. The third kappa shape index (κ3) is 4.30. The molecule has 0 heterocycles. The molecule has 0 aliphatic rings. The fourth-order valence-electron chi connectivity index (χ4n) is 0.510. The second-order valence-electron chi connectivity index (χ2n) is 1.68. The smallest absolute Gasteiger partial charge is 0.0438 e. The van der Waals surface area contributed by atoms with E-state index in [4.69, 9.17) is 5.11 Å². The van der Waals surface area contributed by atoms with E-state index in [2.05, 4.69) is 13.2 Å². The first kappa shape index (κ1) is 8.79. The van der Waals surface area contributed by atoms with Crippen LogP contribution in [0.15, 0.2) is 24.0 Å². The molecular formula is C7H14OS. The number of aliphatic hydroxyl groups excluding tert-OH is 1. The van der Waals surface area contributed by atoms with Crippen molar-refractivity contribution >= 4 is 10.9 Å². The van der Waals surface area contributed by atoms with Crippen molar-refractivity contribution in [2.45, 2.75) is 6.42 Å². The van der Waals surface area contributed by atoms with Crippen molar-refractivity contribution in [3.05, 3.63) is 24.0 Å². The number of hydrogen-bond donors (Lipinski definition) is 2. The maximum Gasteiger partial charge on any atom is 0.0438 e. The molecule has 2 heteroatoms. The molecule has 0 fully saturated rings. The van der Waals surface area contributed by atoms with Crippen LogP contribution in [0, 0.1) is 0 Å². The Morgan fingerprint density at radius 3 is 2.22 bits per heavy atom. The molecule has 1 nitrogen and oxygen atoms in total. The quantitative estimate of drug-likeness (QED) is 0.565. The molecule has 0 aliphatic carbocycles. The van der Waals surface area contributed by atoms with Crippen LogP contribution in [0.2, 0.25) is 0 Å². The van der Waals surface area contributed by atoms with Crippen LogP contribution in [-0.4, -0.2) is 17.5 Å². The van der Waals surface area contributed by atoms with E-state index in [1.54, 1.807) is 0 Å². The molecule has 0 atom stereocenters. The van der Waals surface area contributed by atoms with Crippen molar-refractivity contribution in [2.24, 2.45) is 0 Å². The average Bonchev–Trinajstić information content (AvgIpc) is 1.91. The zero-order valence-corrected chi connectivity index (χ0v) is 6.48. The fraction of sp³-hybridized carbons (Fsp3) is 0.429. The molecule has 1 N–H and O–H groups in total. The summed E-state index contributed by atoms with van der Waals surface area (Å²) in [5.41, 5.74) is 0. The van der Waals surface area contributed by atoms with Crippen molar-refractivity contribution < 1.29 is 5.11 Å². The van der Waals surface area contributed by atoms with Crippen molar-refractivity contribution in [3.8, 4) is 0 Å². The molecule has 0 aromatic carbocycles. The Morgan fingerprint density at radius 2 is 1.89 bits per heavy atom. The van der Waals surface area contributed by atoms with Gasteiger partial charge in [-0.1, -0.05) is 24.0 Å². The van der Waals surface area contributed by atoms with Crippen LogP contribution in [-0.2, 0) is 0 Å². The van der Waals surface area contributed by atoms with E-state index in [0.717, 1.165) is 12.2 Å². The minimum Gasteiger partial charge on any atom is -0.396 e. The van der Waals surface area contributed by atoms with Crippen LogP contribution in [0.25, 0.3) is 0 Å². The second-order valence-corrected chi connectivity index (χ2v) is 3.89. The van der Waals surface area contributed by atoms with E-state index in [-0.39, 0.29) is 17.5 Å². The zero-order chi connectivity index (χ0) is 7.11. The van der Waals surface area contributed by atoms with E-state index in [1.807, 2.05) is 10.8 Å². The Labute approximate surface area is 59.4 Å². The van der Waals surface area contributed by atoms with Gasteiger partial charge in [-0.25, -0.2) is 10.9 Å². The van der Waals surface area contributed by atoms with Crippen molar-refractivity contribution in [3.63, 3.8) is 0 Å². The SMILES string of the molecule is C=C[SH](C=C)CCCO. The lowest BCUT2D eigenvalue weighted by atomic mass is 10.5. The monoisotopic (exact) mass is 146 g/mol. The van der Waals surface area contributed by atoms with Crippen LogP contribution in [0.4, 0.5) is 0 Å². The van der Waals surface area contributed by atoms with Gasteiger partial charge in [-0.3, -0.25) is 0 Å². The third-order valence-corrected chi connectivity index (χ3v) is 2.81. The summed E-state index contributed by atoms with van der Waals surface area (Å²) in [7, 11) is -0.194. The van der Waals surface area contributed by atoms with E-state index in [1.165, 1.54) is 0 Å². The Bertz CT molecular complexity index is 82.9. The van der Waals surface area contributed by atoms with Gasteiger partial charge in [0.1, 0.15) is 0 Å². The van der Waals surface area contributed by atoms with E-state index < -0.39 is 0 Å². The lowest BCUT2D eigenvalue weighted by Crippen LogP contribution is -1.87. The third-order valence-electron chi connectivity index (χ3n) is 1.04. The molecule has 54 valence electrons. The molecule has 0 saturated carbocycles. The molecule has 0 radical (unpaired) electrons. The topological polar surface area (TPSA) is 20.2 Å². The normalized spacial score (nSPS) is 10.6. The summed E-state index contributed by atoms with van der Waals surface area (Å²) < 4.78 is 0. The van der Waals surface area contributed by atoms with Crippen LogP contribution in [0.5, 0.6) is 0 Å². The van der Waals surface area contributed by atoms with E-state index in [9.17, 15) is 0 Å². The highest BCUT2D eigenvalue weighted by atomic mass is 32.2. The van der Waals surface area contributed by atoms with Gasteiger partial charge in [-0.2, -0.15) is 0 Å². The molecule has 0 unspecified atom stereocenters. The Hall–Kier alpha value is -0.210. The van der Waals surface area contributed by atoms with Gasteiger partial charge in [0.15, 0.2) is 0 Å². The molecule has 0 aromatic rings. The highest BCUT2D eigenvalue weighted by Crippen LogP contribution is 2.26. The summed E-state index contributed by atoms with van der Waals surface area (Å²) in [5.74, 6) is 1.03. The molecule has 0 saturated heterocycles. The molecule has 9 heavy (non-hydrogen) atoms. The lowest BCUT2D eigenvalue weighted by molar-refractivity contribution is 0.296. The van der Waals surface area contributed by atoms with Gasteiger partial charge in [-0.15, -0.1) is 0 Å². The summed E-state index contributed by atoms with van der Waals surface area (Å²) in [6, 6.07) is 0. The van der Waals surface area contributed by atoms with Crippen LogP contribution < -0.4 is 0 Å². The molecule has 0 bridgehead atoms. The molecular weight excluding hydrogens is 132 g/mol. The predicted molar refractivity (Wildman–Crippen MR) is 45.9 cm³/mol. The predicted octanol–water partition coefficient (Wildman–Crippen LogP) is 1.66. The summed E-state index contributed by atoms with van der Waals surface area (Å²) in [4.78, 5) is 0. The second kappa shape index (κ2) is 5.92. The zero-order valence-electron chi connectivity index (χ0n) is 5.58. The minimum atomic E-state index is -0.194. The molecule has 0 rings (SSSR count). The van der Waals surface area contributed by atoms with Crippen LogP contribution >= 0.6 is 10.9 Å². The first-order valence-electron chi connectivity index (χ1n) is 2.97. The van der Waals surface area contributed by atoms with E-state index >= 15 is 0 Å². The van der Waals surface area contributed by atoms with Gasteiger partial charge in [-0.05, 0) is 12.2 Å². The number of hydrogen-bond acceptors (Lipinski definition) is 1. The summed E-state index contributed by atoms with van der Waals surface area (Å²) in [6.07, 6.45) is 0.865. The van der Waals surface area contributed by atoms with Crippen molar-refractivity contribution in [1.29, 1.82) is 0 Å². The van der Waals surface area contributed by atoms with Gasteiger partial charge >= 0.3 is 0 Å². The number of rotatable bonds is 5. The summed E-state index contributed by atoms with van der Waals surface area (Å²) in [5, 5.41) is 12.3. The van der Waals surface area contributed by atoms with Gasteiger partial charge in [0, 0.05) is 6.61 Å². The van der Waals surface area contributed by atoms with Crippen molar-refractivity contribution in [1.82, 2.24) is 0 Å². The number of aliphatic hydroxyl groups is 1. The first-order chi connectivity index (χ1) is 4.35. The molecule has 0 spiro atoms. The molecule has 0 amide bonds. The van der Waals surface area contributed by atoms with Crippen LogP contribution in [0.1, 0.15) is 6.42 Å². The van der Waals surface area contributed by atoms with Crippen LogP contribution in [0.3, 0.4) is 0 Å². The number of thiol groups is 1. The Balaban J connectivity index is 3.30. The van der Waals surface area contributed by atoms with Gasteiger partial charge < -0.3 is 5.11 Å². The average molecular weight is 146 g/mol. The maximum atomic E-state index is 8.45. The molecule has 0 aliphatic heterocycles. The Kier molecular flexibility index (Phi) is 5.78. The van der Waals surface area contributed by atoms with Gasteiger partial charge in [0.05, 0.1) is 0 Å². The van der Waals surface area contributed by atoms with Crippen molar-refractivity contribution in [2.75, 3.05) is 12.4 Å². The highest BCUT2D eigenvalue weighted by Gasteiger charge is 1.90. The van der Waals surface area contributed by atoms with Gasteiger partial charge in [0.25, 0.3) is 0 Å². The summed E-state index contributed by atoms with van der Waals surface area (Å²) >= 11 is 0. The first-order valence-corrected chi connectivity index (χ1v) is 4.63. The summed E-state index contributed by atoms with van der Waals surface area (Å²) in [6.45, 7) is 7.60. The largest absolute Gasteiger partial charge is 0.396 e. The lowest BCUT2D eigenvalue weighted by Gasteiger charge is -2.08. The van der Waals surface area contributed by atoms with Gasteiger partial charge in [0.2, 0.25) is 0 Å². The Morgan fingerprint density at radius 1 is 1.33 bits per heavy atom. The van der Waals surface area contributed by atoms with E-state index in [0.29, 0.717) is 0 Å². The minimum absolute atomic E-state index is 0.194. The standard InChI is InChI=1S/C7H14OS/c1-3-9(4-2)7-5-6-8/h3-4,8-9H,1-2,5-7H2. The maximum absolute atomic E-state index is 8.45. The fourth-order valence-corrected chi connectivity index (χ4v) is 1.53. The molecule has 0 aromatic heterocycles.